The van der Waals surface area contributed by atoms with Crippen molar-refractivity contribution in [2.45, 2.75) is 125 Å². The molecular weight excluding hydrogens is 504 g/mol. The Balaban J connectivity index is 1.43. The molecule has 0 aromatic carbocycles. The highest BCUT2D eigenvalue weighted by Crippen LogP contribution is 2.76. The monoisotopic (exact) mass is 554 g/mol. The number of hydrogen-bond acceptors (Lipinski definition) is 6. The lowest BCUT2D eigenvalue weighted by molar-refractivity contribution is -0.239. The molecule has 1 aliphatic heterocycles. The second kappa shape index (κ2) is 8.60. The summed E-state index contributed by atoms with van der Waals surface area (Å²) in [5.74, 6) is 0.0580. The average molecular weight is 555 g/mol. The maximum absolute atomic E-state index is 13.5. The predicted molar refractivity (Wildman–Crippen MR) is 151 cm³/mol. The van der Waals surface area contributed by atoms with Crippen LogP contribution in [0.15, 0.2) is 11.6 Å². The van der Waals surface area contributed by atoms with Gasteiger partial charge in [0, 0.05) is 5.41 Å². The Morgan fingerprint density at radius 1 is 0.875 bits per heavy atom. The third-order valence-electron chi connectivity index (χ3n) is 13.9. The highest BCUT2D eigenvalue weighted by Gasteiger charge is 2.71. The summed E-state index contributed by atoms with van der Waals surface area (Å²) in [6, 6.07) is 0. The summed E-state index contributed by atoms with van der Waals surface area (Å²) in [4.78, 5) is 38.5. The third kappa shape index (κ3) is 3.55. The van der Waals surface area contributed by atoms with Crippen molar-refractivity contribution < 1.29 is 28.6 Å². The van der Waals surface area contributed by atoms with Gasteiger partial charge in [0.15, 0.2) is 0 Å². The van der Waals surface area contributed by atoms with E-state index in [0.29, 0.717) is 11.8 Å². The molecule has 6 nitrogen and oxygen atoms in total. The number of rotatable bonds is 1. The lowest BCUT2D eigenvalue weighted by Gasteiger charge is -2.71. The van der Waals surface area contributed by atoms with E-state index in [2.05, 4.69) is 54.5 Å². The standard InChI is InChI=1S/C34H50O6/c1-29(2)13-15-34(28(37)38-8)16-14-32(6)20(21(34)18-29)9-10-24-31(5)19-22-27(40-26(36)17-25(35)39-22)30(3,4)23(31)11-12-33(24,32)7/h9,21-24,27H,10-19H2,1-8H3. The first-order chi connectivity index (χ1) is 18.5. The molecule has 0 aromatic heterocycles. The SMILES string of the molecule is COC(=O)C12CCC(C)(C)CC1C1=CCC3C4(C)CC5OC(=O)CC(=O)OC5C(C)(C)C4CCC3(C)C1(C)CC2. The van der Waals surface area contributed by atoms with E-state index in [4.69, 9.17) is 14.2 Å². The summed E-state index contributed by atoms with van der Waals surface area (Å²) >= 11 is 0. The molecule has 5 aliphatic carbocycles. The van der Waals surface area contributed by atoms with Crippen molar-refractivity contribution in [3.8, 4) is 0 Å². The van der Waals surface area contributed by atoms with Crippen LogP contribution in [0.1, 0.15) is 113 Å². The van der Waals surface area contributed by atoms with Gasteiger partial charge < -0.3 is 14.2 Å². The minimum absolute atomic E-state index is 0.00685. The first kappa shape index (κ1) is 28.3. The van der Waals surface area contributed by atoms with Crippen molar-refractivity contribution in [2.75, 3.05) is 7.11 Å². The molecule has 222 valence electrons. The van der Waals surface area contributed by atoms with Crippen molar-refractivity contribution in [1.82, 2.24) is 0 Å². The molecular formula is C34H50O6. The number of esters is 3. The lowest BCUT2D eigenvalue weighted by atomic mass is 9.33. The first-order valence-electron chi connectivity index (χ1n) is 15.7. The minimum Gasteiger partial charge on any atom is -0.469 e. The molecule has 0 N–H and O–H groups in total. The molecule has 1 heterocycles. The van der Waals surface area contributed by atoms with Gasteiger partial charge in [0.25, 0.3) is 0 Å². The Morgan fingerprint density at radius 3 is 2.25 bits per heavy atom. The highest BCUT2D eigenvalue weighted by atomic mass is 16.6. The summed E-state index contributed by atoms with van der Waals surface area (Å²) in [5, 5.41) is 0. The molecule has 6 aliphatic rings. The smallest absolute Gasteiger partial charge is 0.317 e. The van der Waals surface area contributed by atoms with E-state index in [1.165, 1.54) is 5.57 Å². The Bertz CT molecular complexity index is 1170. The van der Waals surface area contributed by atoms with Crippen LogP contribution in [0, 0.1) is 50.2 Å². The number of allylic oxidation sites excluding steroid dienone is 2. The van der Waals surface area contributed by atoms with Gasteiger partial charge in [-0.25, -0.2) is 0 Å². The largest absolute Gasteiger partial charge is 0.469 e. The summed E-state index contributed by atoms with van der Waals surface area (Å²) in [7, 11) is 1.56. The number of carbonyl (C=O) groups is 3. The minimum atomic E-state index is -0.460. The molecule has 5 fully saturated rings. The Hall–Kier alpha value is -1.85. The molecule has 9 unspecified atom stereocenters. The van der Waals surface area contributed by atoms with Crippen molar-refractivity contribution in [2.24, 2.45) is 50.2 Å². The summed E-state index contributed by atoms with van der Waals surface area (Å²) in [5.41, 5.74) is 0.991. The molecule has 9 atom stereocenters. The van der Waals surface area contributed by atoms with Crippen molar-refractivity contribution in [1.29, 1.82) is 0 Å². The van der Waals surface area contributed by atoms with Crippen LogP contribution >= 0.6 is 0 Å². The quantitative estimate of drug-likeness (QED) is 0.154. The molecule has 40 heavy (non-hydrogen) atoms. The zero-order chi connectivity index (χ0) is 29.1. The fourth-order valence-electron chi connectivity index (χ4n) is 11.7. The van der Waals surface area contributed by atoms with E-state index < -0.39 is 29.6 Å². The average Bonchev–Trinajstić information content (AvgIpc) is 3.00. The van der Waals surface area contributed by atoms with Crippen LogP contribution in [0.3, 0.4) is 0 Å². The highest BCUT2D eigenvalue weighted by molar-refractivity contribution is 5.92. The number of hydrogen-bond donors (Lipinski definition) is 0. The zero-order valence-electron chi connectivity index (χ0n) is 26.0. The van der Waals surface area contributed by atoms with E-state index in [-0.39, 0.29) is 45.4 Å². The van der Waals surface area contributed by atoms with Crippen LogP contribution in [0.25, 0.3) is 0 Å². The zero-order valence-corrected chi connectivity index (χ0v) is 26.0. The molecule has 0 aromatic rings. The van der Waals surface area contributed by atoms with Gasteiger partial charge in [-0.2, -0.15) is 0 Å². The van der Waals surface area contributed by atoms with E-state index >= 15 is 0 Å². The third-order valence-corrected chi connectivity index (χ3v) is 13.9. The van der Waals surface area contributed by atoms with Gasteiger partial charge in [0.1, 0.15) is 18.6 Å². The van der Waals surface area contributed by atoms with Gasteiger partial charge in [-0.15, -0.1) is 0 Å². The second-order valence-electron chi connectivity index (χ2n) is 16.5. The molecule has 0 radical (unpaired) electrons. The van der Waals surface area contributed by atoms with Crippen LogP contribution in [-0.4, -0.2) is 37.2 Å². The Morgan fingerprint density at radius 2 is 1.55 bits per heavy atom. The van der Waals surface area contributed by atoms with Crippen LogP contribution in [0.2, 0.25) is 0 Å². The van der Waals surface area contributed by atoms with Crippen molar-refractivity contribution in [3.05, 3.63) is 11.6 Å². The molecule has 6 rings (SSSR count). The summed E-state index contributed by atoms with van der Waals surface area (Å²) in [6.45, 7) is 16.6. The lowest BCUT2D eigenvalue weighted by Crippen LogP contribution is -2.67. The normalized spacial score (nSPS) is 48.8. The van der Waals surface area contributed by atoms with Crippen LogP contribution < -0.4 is 0 Å². The fourth-order valence-corrected chi connectivity index (χ4v) is 11.7. The maximum Gasteiger partial charge on any atom is 0.317 e. The predicted octanol–water partition coefficient (Wildman–Crippen LogP) is 6.80. The van der Waals surface area contributed by atoms with E-state index in [0.717, 1.165) is 57.8 Å². The number of methoxy groups -OCH3 is 1. The van der Waals surface area contributed by atoms with Gasteiger partial charge >= 0.3 is 17.9 Å². The van der Waals surface area contributed by atoms with Crippen LogP contribution in [0.5, 0.6) is 0 Å². The first-order valence-corrected chi connectivity index (χ1v) is 15.7. The maximum atomic E-state index is 13.5. The molecule has 0 bridgehead atoms. The number of ether oxygens (including phenoxy) is 3. The van der Waals surface area contributed by atoms with E-state index in [1.807, 2.05) is 0 Å². The summed E-state index contributed by atoms with van der Waals surface area (Å²) < 4.78 is 17.4. The van der Waals surface area contributed by atoms with E-state index in [9.17, 15) is 14.4 Å². The van der Waals surface area contributed by atoms with Gasteiger partial charge in [-0.05, 0) is 97.2 Å². The van der Waals surface area contributed by atoms with Crippen LogP contribution in [0.4, 0.5) is 0 Å². The molecule has 0 amide bonds. The Kier molecular flexibility index (Phi) is 6.08. The second-order valence-corrected chi connectivity index (χ2v) is 16.5. The molecule has 6 heteroatoms. The van der Waals surface area contributed by atoms with Crippen molar-refractivity contribution >= 4 is 17.9 Å². The Labute approximate surface area is 240 Å². The molecule has 1 saturated heterocycles. The summed E-state index contributed by atoms with van der Waals surface area (Å²) in [6.07, 6.45) is 10.2. The van der Waals surface area contributed by atoms with E-state index in [1.54, 1.807) is 7.11 Å². The van der Waals surface area contributed by atoms with Gasteiger partial charge in [-0.3, -0.25) is 14.4 Å². The fraction of sp³-hybridized carbons (Fsp3) is 0.853. The van der Waals surface area contributed by atoms with Crippen molar-refractivity contribution in [3.63, 3.8) is 0 Å². The number of carbonyl (C=O) groups excluding carboxylic acids is 3. The topological polar surface area (TPSA) is 78.9 Å². The number of fused-ring (bicyclic) bond motifs is 8. The van der Waals surface area contributed by atoms with Crippen LogP contribution in [-0.2, 0) is 28.6 Å². The molecule has 4 saturated carbocycles. The molecule has 0 spiro atoms. The van der Waals surface area contributed by atoms with Gasteiger partial charge in [-0.1, -0.05) is 60.1 Å². The van der Waals surface area contributed by atoms with Gasteiger partial charge in [0.2, 0.25) is 0 Å². The van der Waals surface area contributed by atoms with Gasteiger partial charge in [0.05, 0.1) is 12.5 Å².